The fourth-order valence-corrected chi connectivity index (χ4v) is 2.93. The van der Waals surface area contributed by atoms with Gasteiger partial charge in [-0.3, -0.25) is 4.18 Å². The highest BCUT2D eigenvalue weighted by molar-refractivity contribution is 7.78. The van der Waals surface area contributed by atoms with E-state index in [1.807, 2.05) is 54.6 Å². The second-order valence-electron chi connectivity index (χ2n) is 4.36. The van der Waals surface area contributed by atoms with Crippen molar-refractivity contribution in [3.05, 3.63) is 66.0 Å². The molecule has 3 rings (SSSR count). The summed E-state index contributed by atoms with van der Waals surface area (Å²) in [5, 5.41) is 0. The van der Waals surface area contributed by atoms with Crippen LogP contribution in [-0.4, -0.2) is 20.3 Å². The van der Waals surface area contributed by atoms with E-state index in [4.69, 9.17) is 4.18 Å². The van der Waals surface area contributed by atoms with Crippen LogP contribution in [0.4, 0.5) is 0 Å². The van der Waals surface area contributed by atoms with E-state index in [0.717, 1.165) is 22.4 Å². The highest BCUT2D eigenvalue weighted by Crippen LogP contribution is 2.19. The first-order chi connectivity index (χ1) is 9.79. The molecule has 3 aromatic rings. The van der Waals surface area contributed by atoms with Crippen molar-refractivity contribution in [3.63, 3.8) is 0 Å². The van der Waals surface area contributed by atoms with Crippen molar-refractivity contribution in [1.82, 2.24) is 8.96 Å². The van der Waals surface area contributed by atoms with Crippen molar-refractivity contribution < 1.29 is 8.39 Å². The molecule has 5 heteroatoms. The van der Waals surface area contributed by atoms with Gasteiger partial charge in [0.05, 0.1) is 18.1 Å². The molecule has 0 aliphatic rings. The van der Waals surface area contributed by atoms with Gasteiger partial charge in [-0.25, -0.2) is 13.2 Å². The third-order valence-corrected chi connectivity index (χ3v) is 4.07. The second kappa shape index (κ2) is 5.56. The van der Waals surface area contributed by atoms with Crippen LogP contribution in [0.1, 0.15) is 11.4 Å². The lowest BCUT2D eigenvalue weighted by atomic mass is 10.1. The Kier molecular flexibility index (Phi) is 3.62. The minimum Gasteiger partial charge on any atom is -0.277 e. The van der Waals surface area contributed by atoms with Gasteiger partial charge in [0.25, 0.3) is 11.3 Å². The number of fused-ring (bicyclic) bond motifs is 1. The maximum Gasteiger partial charge on any atom is 0.270 e. The lowest BCUT2D eigenvalue weighted by Gasteiger charge is -2.06. The summed E-state index contributed by atoms with van der Waals surface area (Å²) in [6.45, 7) is 0. The van der Waals surface area contributed by atoms with E-state index in [2.05, 4.69) is 4.98 Å². The highest BCUT2D eigenvalue weighted by Gasteiger charge is 2.15. The number of imidazole rings is 1. The molecule has 4 nitrogen and oxygen atoms in total. The lowest BCUT2D eigenvalue weighted by molar-refractivity contribution is 0.439. The van der Waals surface area contributed by atoms with Crippen LogP contribution in [0.2, 0.25) is 0 Å². The average molecular weight is 286 g/mol. The minimum absolute atomic E-state index is 0.616. The minimum atomic E-state index is -1.56. The zero-order chi connectivity index (χ0) is 13.9. The molecule has 0 aliphatic carbocycles. The highest BCUT2D eigenvalue weighted by atomic mass is 32.2. The summed E-state index contributed by atoms with van der Waals surface area (Å²) < 4.78 is 18.7. The van der Waals surface area contributed by atoms with Crippen LogP contribution in [0.5, 0.6) is 0 Å². The Morgan fingerprint density at radius 1 is 1.10 bits per heavy atom. The third kappa shape index (κ3) is 2.37. The topological polar surface area (TPSA) is 44.1 Å². The Labute approximate surface area is 119 Å². The predicted molar refractivity (Wildman–Crippen MR) is 79.5 cm³/mol. The number of hydrogen-bond donors (Lipinski definition) is 0. The Hall–Kier alpha value is -1.98. The van der Waals surface area contributed by atoms with Gasteiger partial charge < -0.3 is 0 Å². The summed E-state index contributed by atoms with van der Waals surface area (Å²) in [6, 6.07) is 17.6. The van der Waals surface area contributed by atoms with Gasteiger partial charge in [0.2, 0.25) is 0 Å². The van der Waals surface area contributed by atoms with Gasteiger partial charge in [-0.15, -0.1) is 0 Å². The molecule has 0 amide bonds. The van der Waals surface area contributed by atoms with Crippen molar-refractivity contribution in [2.45, 2.75) is 6.42 Å². The van der Waals surface area contributed by atoms with Crippen molar-refractivity contribution in [2.24, 2.45) is 0 Å². The first-order valence-corrected chi connectivity index (χ1v) is 7.30. The third-order valence-electron chi connectivity index (χ3n) is 3.08. The zero-order valence-corrected chi connectivity index (χ0v) is 11.8. The molecule has 0 saturated carbocycles. The number of para-hydroxylation sites is 2. The molecule has 0 aliphatic heterocycles. The Bertz CT molecular complexity index is 753. The maximum atomic E-state index is 12.1. The first-order valence-electron chi connectivity index (χ1n) is 6.26. The maximum absolute atomic E-state index is 12.1. The SMILES string of the molecule is COS(=O)n1c(Cc2ccccc2)nc2ccccc21. The monoisotopic (exact) mass is 286 g/mol. The summed E-state index contributed by atoms with van der Waals surface area (Å²) in [7, 11) is 1.43. The molecule has 0 saturated heterocycles. The van der Waals surface area contributed by atoms with Gasteiger partial charge in [0.1, 0.15) is 5.82 Å². The van der Waals surface area contributed by atoms with Crippen molar-refractivity contribution in [1.29, 1.82) is 0 Å². The fraction of sp³-hybridized carbons (Fsp3) is 0.133. The Morgan fingerprint density at radius 3 is 2.55 bits per heavy atom. The zero-order valence-electron chi connectivity index (χ0n) is 11.0. The normalized spacial score (nSPS) is 12.7. The number of aromatic nitrogens is 2. The van der Waals surface area contributed by atoms with Gasteiger partial charge >= 0.3 is 0 Å². The summed E-state index contributed by atoms with van der Waals surface area (Å²) in [5.74, 6) is 0.734. The molecule has 102 valence electrons. The van der Waals surface area contributed by atoms with E-state index >= 15 is 0 Å². The summed E-state index contributed by atoms with van der Waals surface area (Å²) in [4.78, 5) is 4.57. The van der Waals surface area contributed by atoms with E-state index in [1.54, 1.807) is 3.97 Å². The van der Waals surface area contributed by atoms with Crippen molar-refractivity contribution in [2.75, 3.05) is 7.11 Å². The first kappa shape index (κ1) is 13.0. The molecule has 1 aromatic heterocycles. The van der Waals surface area contributed by atoms with Crippen LogP contribution < -0.4 is 0 Å². The molecule has 0 fully saturated rings. The molecular formula is C15H14N2O2S. The molecule has 0 bridgehead atoms. The molecule has 2 aromatic carbocycles. The van der Waals surface area contributed by atoms with Gasteiger partial charge in [-0.05, 0) is 17.7 Å². The van der Waals surface area contributed by atoms with Crippen LogP contribution in [0.25, 0.3) is 11.0 Å². The number of nitrogens with zero attached hydrogens (tertiary/aromatic N) is 2. The lowest BCUT2D eigenvalue weighted by Crippen LogP contribution is -2.10. The fourth-order valence-electron chi connectivity index (χ4n) is 2.18. The Balaban J connectivity index is 2.12. The molecule has 0 spiro atoms. The van der Waals surface area contributed by atoms with Crippen molar-refractivity contribution in [3.8, 4) is 0 Å². The number of hydrogen-bond acceptors (Lipinski definition) is 3. The van der Waals surface area contributed by atoms with E-state index in [9.17, 15) is 4.21 Å². The largest absolute Gasteiger partial charge is 0.277 e. The Morgan fingerprint density at radius 2 is 1.80 bits per heavy atom. The van der Waals surface area contributed by atoms with Gasteiger partial charge in [-0.1, -0.05) is 42.5 Å². The van der Waals surface area contributed by atoms with Crippen LogP contribution in [0.15, 0.2) is 54.6 Å². The van der Waals surface area contributed by atoms with E-state index in [0.29, 0.717) is 6.42 Å². The summed E-state index contributed by atoms with van der Waals surface area (Å²) >= 11 is -1.56. The molecule has 1 heterocycles. The van der Waals surface area contributed by atoms with E-state index in [-0.39, 0.29) is 0 Å². The van der Waals surface area contributed by atoms with Crippen LogP contribution in [0.3, 0.4) is 0 Å². The smallest absolute Gasteiger partial charge is 0.270 e. The molecule has 1 unspecified atom stereocenters. The standard InChI is InChI=1S/C15H14N2O2S/c1-19-20(18)17-14-10-6-5-9-13(14)16-15(17)11-12-7-3-2-4-8-12/h2-10H,11H2,1H3. The van der Waals surface area contributed by atoms with Crippen LogP contribution >= 0.6 is 0 Å². The van der Waals surface area contributed by atoms with Crippen molar-refractivity contribution >= 4 is 22.3 Å². The molecule has 20 heavy (non-hydrogen) atoms. The van der Waals surface area contributed by atoms with E-state index in [1.165, 1.54) is 7.11 Å². The summed E-state index contributed by atoms with van der Waals surface area (Å²) in [5.41, 5.74) is 2.76. The van der Waals surface area contributed by atoms with Gasteiger partial charge in [0, 0.05) is 6.42 Å². The molecule has 0 N–H and O–H groups in total. The summed E-state index contributed by atoms with van der Waals surface area (Å²) in [6.07, 6.45) is 0.616. The number of rotatable bonds is 4. The van der Waals surface area contributed by atoms with Crippen LogP contribution in [0, 0.1) is 0 Å². The molecule has 0 radical (unpaired) electrons. The van der Waals surface area contributed by atoms with E-state index < -0.39 is 11.3 Å². The van der Waals surface area contributed by atoms with Gasteiger partial charge in [0.15, 0.2) is 0 Å². The van der Waals surface area contributed by atoms with Crippen LogP contribution in [-0.2, 0) is 21.9 Å². The predicted octanol–water partition coefficient (Wildman–Crippen LogP) is 2.70. The molecule has 1 atom stereocenters. The quantitative estimate of drug-likeness (QED) is 0.740. The average Bonchev–Trinajstić information content (AvgIpc) is 2.85. The van der Waals surface area contributed by atoms with Gasteiger partial charge in [-0.2, -0.15) is 0 Å². The number of benzene rings is 2. The second-order valence-corrected chi connectivity index (χ2v) is 5.49. The molecular weight excluding hydrogens is 272 g/mol.